The number of halogens is 2. The first-order valence-electron chi connectivity index (χ1n) is 4.04. The number of rotatable bonds is 1. The quantitative estimate of drug-likeness (QED) is 0.760. The molecule has 0 unspecified atom stereocenters. The highest BCUT2D eigenvalue weighted by Gasteiger charge is 2.12. The van der Waals surface area contributed by atoms with E-state index in [4.69, 9.17) is 23.2 Å². The molecule has 0 atom stereocenters. The molecule has 1 aromatic heterocycles. The van der Waals surface area contributed by atoms with Crippen molar-refractivity contribution >= 4 is 23.2 Å². The summed E-state index contributed by atoms with van der Waals surface area (Å²) in [5, 5.41) is 7.93. The molecule has 0 saturated heterocycles. The van der Waals surface area contributed by atoms with Crippen LogP contribution in [-0.2, 0) is 7.05 Å². The van der Waals surface area contributed by atoms with Crippen LogP contribution in [0.3, 0.4) is 0 Å². The highest BCUT2D eigenvalue weighted by molar-refractivity contribution is 6.37. The van der Waals surface area contributed by atoms with E-state index in [1.807, 2.05) is 0 Å². The van der Waals surface area contributed by atoms with Crippen LogP contribution in [0.15, 0.2) is 23.0 Å². The van der Waals surface area contributed by atoms with Crippen LogP contribution in [0, 0.1) is 0 Å². The summed E-state index contributed by atoms with van der Waals surface area (Å²) < 4.78 is 2.16. The minimum atomic E-state index is -0.398. The zero-order valence-electron chi connectivity index (χ0n) is 7.69. The highest BCUT2D eigenvalue weighted by Crippen LogP contribution is 2.26. The van der Waals surface area contributed by atoms with Crippen molar-refractivity contribution in [1.29, 1.82) is 0 Å². The Bertz CT molecular complexity index is 540. The number of aryl methyl sites for hydroxylation is 1. The Kier molecular flexibility index (Phi) is 2.50. The molecule has 15 heavy (non-hydrogen) atoms. The van der Waals surface area contributed by atoms with Crippen LogP contribution in [0.2, 0.25) is 10.0 Å². The van der Waals surface area contributed by atoms with Gasteiger partial charge in [-0.25, -0.2) is 4.79 Å². The van der Waals surface area contributed by atoms with E-state index in [0.717, 1.165) is 9.36 Å². The van der Waals surface area contributed by atoms with Gasteiger partial charge in [-0.1, -0.05) is 29.3 Å². The zero-order chi connectivity index (χ0) is 11.0. The molecule has 0 bridgehead atoms. The number of benzene rings is 1. The maximum absolute atomic E-state index is 11.6. The molecule has 2 rings (SSSR count). The van der Waals surface area contributed by atoms with Gasteiger partial charge in [-0.3, -0.25) is 0 Å². The summed E-state index contributed by atoms with van der Waals surface area (Å²) >= 11 is 11.8. The summed E-state index contributed by atoms with van der Waals surface area (Å²) in [7, 11) is 1.50. The second-order valence-electron chi connectivity index (χ2n) is 2.87. The number of para-hydroxylation sites is 1. The highest BCUT2D eigenvalue weighted by atomic mass is 35.5. The monoisotopic (exact) mass is 244 g/mol. The SMILES string of the molecule is Cn1nnn(-c2c(Cl)cccc2Cl)c1=O. The van der Waals surface area contributed by atoms with Crippen molar-refractivity contribution < 1.29 is 0 Å². The lowest BCUT2D eigenvalue weighted by Gasteiger charge is -2.03. The van der Waals surface area contributed by atoms with Gasteiger partial charge in [0.15, 0.2) is 0 Å². The van der Waals surface area contributed by atoms with Gasteiger partial charge in [0.05, 0.1) is 10.0 Å². The van der Waals surface area contributed by atoms with Crippen LogP contribution >= 0.6 is 23.2 Å². The second-order valence-corrected chi connectivity index (χ2v) is 3.68. The predicted octanol–water partition coefficient (Wildman–Crippen LogP) is 1.27. The van der Waals surface area contributed by atoms with Crippen molar-refractivity contribution in [2.45, 2.75) is 0 Å². The molecule has 0 spiro atoms. The summed E-state index contributed by atoms with van der Waals surface area (Å²) in [5.41, 5.74) is -0.0519. The molecule has 0 radical (unpaired) electrons. The van der Waals surface area contributed by atoms with Crippen LogP contribution in [0.4, 0.5) is 0 Å². The largest absolute Gasteiger partial charge is 0.368 e. The molecule has 0 amide bonds. The van der Waals surface area contributed by atoms with E-state index < -0.39 is 5.69 Å². The number of tetrazole rings is 1. The van der Waals surface area contributed by atoms with Gasteiger partial charge in [0, 0.05) is 7.05 Å². The van der Waals surface area contributed by atoms with Gasteiger partial charge < -0.3 is 0 Å². The summed E-state index contributed by atoms with van der Waals surface area (Å²) in [6.45, 7) is 0. The molecule has 0 N–H and O–H groups in total. The lowest BCUT2D eigenvalue weighted by Crippen LogP contribution is -2.22. The van der Waals surface area contributed by atoms with Gasteiger partial charge >= 0.3 is 5.69 Å². The zero-order valence-corrected chi connectivity index (χ0v) is 9.20. The fourth-order valence-electron chi connectivity index (χ4n) is 1.15. The van der Waals surface area contributed by atoms with Crippen molar-refractivity contribution in [2.24, 2.45) is 7.05 Å². The van der Waals surface area contributed by atoms with Crippen molar-refractivity contribution in [2.75, 3.05) is 0 Å². The van der Waals surface area contributed by atoms with Gasteiger partial charge in [-0.2, -0.15) is 9.36 Å². The van der Waals surface area contributed by atoms with Gasteiger partial charge in [0.25, 0.3) is 0 Å². The molecule has 7 heteroatoms. The Morgan fingerprint density at radius 1 is 1.20 bits per heavy atom. The Balaban J connectivity index is 2.75. The normalized spacial score (nSPS) is 10.6. The number of aromatic nitrogens is 4. The van der Waals surface area contributed by atoms with Crippen molar-refractivity contribution in [1.82, 2.24) is 19.8 Å². The molecule has 2 aromatic rings. The third-order valence-corrected chi connectivity index (χ3v) is 2.48. The van der Waals surface area contributed by atoms with E-state index in [1.165, 1.54) is 7.05 Å². The van der Waals surface area contributed by atoms with E-state index in [2.05, 4.69) is 10.4 Å². The molecular formula is C8H6Cl2N4O. The molecule has 1 heterocycles. The van der Waals surface area contributed by atoms with E-state index in [9.17, 15) is 4.79 Å². The van der Waals surface area contributed by atoms with Crippen LogP contribution < -0.4 is 5.69 Å². The number of nitrogens with zero attached hydrogens (tertiary/aromatic N) is 4. The smallest absolute Gasteiger partial charge is 0.244 e. The summed E-state index contributed by atoms with van der Waals surface area (Å²) in [6.07, 6.45) is 0. The number of hydrogen-bond acceptors (Lipinski definition) is 3. The molecule has 78 valence electrons. The molecular weight excluding hydrogens is 239 g/mol. The van der Waals surface area contributed by atoms with Crippen LogP contribution in [0.1, 0.15) is 0 Å². The van der Waals surface area contributed by atoms with E-state index in [-0.39, 0.29) is 0 Å². The van der Waals surface area contributed by atoms with Crippen molar-refractivity contribution in [3.63, 3.8) is 0 Å². The average Bonchev–Trinajstić information content (AvgIpc) is 2.49. The lowest BCUT2D eigenvalue weighted by atomic mass is 10.3. The Morgan fingerprint density at radius 3 is 2.27 bits per heavy atom. The first-order valence-corrected chi connectivity index (χ1v) is 4.80. The van der Waals surface area contributed by atoms with Gasteiger partial charge in [-0.05, 0) is 22.6 Å². The molecule has 5 nitrogen and oxygen atoms in total. The van der Waals surface area contributed by atoms with Gasteiger partial charge in [0.1, 0.15) is 5.69 Å². The van der Waals surface area contributed by atoms with E-state index >= 15 is 0 Å². The molecule has 0 saturated carbocycles. The minimum absolute atomic E-state index is 0.346. The van der Waals surface area contributed by atoms with Crippen LogP contribution in [-0.4, -0.2) is 19.8 Å². The third-order valence-electron chi connectivity index (χ3n) is 1.87. The second kappa shape index (κ2) is 3.67. The first kappa shape index (κ1) is 10.2. The summed E-state index contributed by atoms with van der Waals surface area (Å²) in [4.78, 5) is 11.6. The van der Waals surface area contributed by atoms with E-state index in [1.54, 1.807) is 18.2 Å². The standard InChI is InChI=1S/C8H6Cl2N4O/c1-13-8(15)14(12-11-13)7-5(9)3-2-4-6(7)10/h2-4H,1H3. The van der Waals surface area contributed by atoms with Gasteiger partial charge in [-0.15, -0.1) is 0 Å². The van der Waals surface area contributed by atoms with E-state index in [0.29, 0.717) is 15.7 Å². The topological polar surface area (TPSA) is 52.7 Å². The van der Waals surface area contributed by atoms with Crippen LogP contribution in [0.25, 0.3) is 5.69 Å². The molecule has 1 aromatic carbocycles. The van der Waals surface area contributed by atoms with Crippen molar-refractivity contribution in [3.05, 3.63) is 38.7 Å². The van der Waals surface area contributed by atoms with Gasteiger partial charge in [0.2, 0.25) is 0 Å². The molecule has 0 aliphatic rings. The number of hydrogen-bond donors (Lipinski definition) is 0. The minimum Gasteiger partial charge on any atom is -0.244 e. The fraction of sp³-hybridized carbons (Fsp3) is 0.125. The Morgan fingerprint density at radius 2 is 1.80 bits per heavy atom. The fourth-order valence-corrected chi connectivity index (χ4v) is 1.70. The molecule has 0 aliphatic carbocycles. The molecule has 0 aliphatic heterocycles. The average molecular weight is 245 g/mol. The van der Waals surface area contributed by atoms with Crippen LogP contribution in [0.5, 0.6) is 0 Å². The summed E-state index contributed by atoms with van der Waals surface area (Å²) in [6, 6.07) is 4.95. The lowest BCUT2D eigenvalue weighted by molar-refractivity contribution is 0.693. The maximum atomic E-state index is 11.6. The first-order chi connectivity index (χ1) is 7.11. The predicted molar refractivity (Wildman–Crippen MR) is 56.6 cm³/mol. The maximum Gasteiger partial charge on any atom is 0.368 e. The van der Waals surface area contributed by atoms with Crippen molar-refractivity contribution in [3.8, 4) is 5.69 Å². The third kappa shape index (κ3) is 1.64. The molecule has 0 fully saturated rings. The Labute approximate surface area is 94.8 Å². The Hall–Kier alpha value is -1.33. The summed E-state index contributed by atoms with van der Waals surface area (Å²) in [5.74, 6) is 0.